The van der Waals surface area contributed by atoms with Crippen LogP contribution in [0.1, 0.15) is 22.7 Å². The first-order valence-electron chi connectivity index (χ1n) is 9.43. The summed E-state index contributed by atoms with van der Waals surface area (Å²) in [5.74, 6) is -0.228. The molecule has 0 amide bonds. The van der Waals surface area contributed by atoms with Crippen molar-refractivity contribution in [3.8, 4) is 0 Å². The third kappa shape index (κ3) is 5.41. The van der Waals surface area contributed by atoms with Gasteiger partial charge in [-0.3, -0.25) is 0 Å². The number of aryl methyl sites for hydroxylation is 2. The van der Waals surface area contributed by atoms with Crippen LogP contribution in [0.25, 0.3) is 0 Å². The van der Waals surface area contributed by atoms with Gasteiger partial charge < -0.3 is 20.3 Å². The van der Waals surface area contributed by atoms with Gasteiger partial charge >= 0.3 is 0 Å². The minimum Gasteiger partial charge on any atom is -0.370 e. The lowest BCUT2D eigenvalue weighted by Gasteiger charge is -2.32. The molecule has 1 fully saturated rings. The summed E-state index contributed by atoms with van der Waals surface area (Å²) in [7, 11) is 0. The number of morpholine rings is 1. The van der Waals surface area contributed by atoms with Crippen molar-refractivity contribution in [1.82, 2.24) is 5.32 Å². The lowest BCUT2D eigenvalue weighted by Crippen LogP contribution is -3.15. The number of quaternary nitrogens is 1. The van der Waals surface area contributed by atoms with E-state index in [1.165, 1.54) is 17.0 Å². The van der Waals surface area contributed by atoms with Crippen LogP contribution in [0.5, 0.6) is 0 Å². The predicted octanol–water partition coefficient (Wildman–Crippen LogP) is 3.04. The number of hydrogen-bond acceptors (Lipinski definition) is 2. The molecule has 1 aliphatic heterocycles. The van der Waals surface area contributed by atoms with E-state index in [0.29, 0.717) is 16.7 Å². The number of benzene rings is 2. The molecule has 7 heteroatoms. The zero-order valence-corrected chi connectivity index (χ0v) is 17.7. The first-order valence-corrected chi connectivity index (χ1v) is 10.2. The molecule has 1 atom stereocenters. The van der Waals surface area contributed by atoms with Gasteiger partial charge in [0.25, 0.3) is 0 Å². The Labute approximate surface area is 176 Å². The van der Waals surface area contributed by atoms with Crippen molar-refractivity contribution in [2.75, 3.05) is 38.2 Å². The molecular formula is C21H26ClFN3OS+. The van der Waals surface area contributed by atoms with Gasteiger partial charge in [0.05, 0.1) is 30.5 Å². The van der Waals surface area contributed by atoms with E-state index in [1.54, 1.807) is 0 Å². The van der Waals surface area contributed by atoms with Gasteiger partial charge in [-0.05, 0) is 55.4 Å². The Hall–Kier alpha value is -1.73. The maximum absolute atomic E-state index is 13.4. The standard InChI is InChI=1S/C21H25ClFN3OS/c1-14-11-15(2)20(18(22)12-14)25-21(28)24-13-19(26-7-9-27-10-8-26)16-3-5-17(23)6-4-16/h3-6,11-12,19H,7-10,13H2,1-2H3,(H2,24,25,28)/p+1/t19-/m1/s1. The van der Waals surface area contributed by atoms with E-state index >= 15 is 0 Å². The van der Waals surface area contributed by atoms with Crippen molar-refractivity contribution in [3.05, 3.63) is 63.9 Å². The molecule has 0 unspecified atom stereocenters. The fraction of sp³-hybridized carbons (Fsp3) is 0.381. The number of ether oxygens (including phenoxy) is 1. The zero-order chi connectivity index (χ0) is 20.1. The highest BCUT2D eigenvalue weighted by Crippen LogP contribution is 2.27. The summed E-state index contributed by atoms with van der Waals surface area (Å²) in [6, 6.07) is 10.8. The molecule has 1 heterocycles. The van der Waals surface area contributed by atoms with E-state index in [4.69, 9.17) is 28.6 Å². The monoisotopic (exact) mass is 422 g/mol. The summed E-state index contributed by atoms with van der Waals surface area (Å²) in [5, 5.41) is 7.71. The highest BCUT2D eigenvalue weighted by atomic mass is 35.5. The predicted molar refractivity (Wildman–Crippen MR) is 116 cm³/mol. The molecule has 0 bridgehead atoms. The topological polar surface area (TPSA) is 37.7 Å². The minimum atomic E-state index is -0.228. The second-order valence-electron chi connectivity index (χ2n) is 7.15. The van der Waals surface area contributed by atoms with Crippen molar-refractivity contribution in [3.63, 3.8) is 0 Å². The van der Waals surface area contributed by atoms with Crippen LogP contribution >= 0.6 is 23.8 Å². The number of hydrogen-bond donors (Lipinski definition) is 3. The van der Waals surface area contributed by atoms with Gasteiger partial charge in [-0.25, -0.2) is 4.39 Å². The molecule has 4 nitrogen and oxygen atoms in total. The molecule has 3 N–H and O–H groups in total. The zero-order valence-electron chi connectivity index (χ0n) is 16.1. The highest BCUT2D eigenvalue weighted by molar-refractivity contribution is 7.80. The van der Waals surface area contributed by atoms with E-state index in [-0.39, 0.29) is 11.9 Å². The smallest absolute Gasteiger partial charge is 0.171 e. The lowest BCUT2D eigenvalue weighted by atomic mass is 10.0. The Morgan fingerprint density at radius 3 is 2.54 bits per heavy atom. The summed E-state index contributed by atoms with van der Waals surface area (Å²) in [5.41, 5.74) is 4.06. The Kier molecular flexibility index (Phi) is 7.24. The second kappa shape index (κ2) is 9.65. The maximum Gasteiger partial charge on any atom is 0.171 e. The van der Waals surface area contributed by atoms with Crippen molar-refractivity contribution in [1.29, 1.82) is 0 Å². The van der Waals surface area contributed by atoms with Crippen LogP contribution in [0.15, 0.2) is 36.4 Å². The quantitative estimate of drug-likeness (QED) is 0.647. The van der Waals surface area contributed by atoms with Gasteiger partial charge in [0.15, 0.2) is 5.11 Å². The van der Waals surface area contributed by atoms with Crippen molar-refractivity contribution >= 4 is 34.6 Å². The molecule has 1 aliphatic rings. The highest BCUT2D eigenvalue weighted by Gasteiger charge is 2.26. The van der Waals surface area contributed by atoms with Crippen LogP contribution in [-0.4, -0.2) is 38.0 Å². The Balaban J connectivity index is 1.69. The van der Waals surface area contributed by atoms with E-state index in [1.807, 2.05) is 32.0 Å². The van der Waals surface area contributed by atoms with Gasteiger partial charge in [-0.1, -0.05) is 29.8 Å². The van der Waals surface area contributed by atoms with E-state index in [0.717, 1.165) is 48.7 Å². The first kappa shape index (κ1) is 21.0. The summed E-state index contributed by atoms with van der Waals surface area (Å²) < 4.78 is 18.9. The van der Waals surface area contributed by atoms with E-state index < -0.39 is 0 Å². The normalized spacial score (nSPS) is 15.9. The molecular weight excluding hydrogens is 397 g/mol. The number of rotatable bonds is 5. The van der Waals surface area contributed by atoms with Gasteiger partial charge in [0.1, 0.15) is 24.9 Å². The number of anilines is 1. The van der Waals surface area contributed by atoms with Crippen LogP contribution in [0.2, 0.25) is 5.02 Å². The molecule has 0 saturated carbocycles. The van der Waals surface area contributed by atoms with Crippen molar-refractivity contribution in [2.45, 2.75) is 19.9 Å². The third-order valence-electron chi connectivity index (χ3n) is 5.04. The van der Waals surface area contributed by atoms with Crippen LogP contribution in [0, 0.1) is 19.7 Å². The molecule has 3 rings (SSSR count). The lowest BCUT2D eigenvalue weighted by molar-refractivity contribution is -0.937. The first-order chi connectivity index (χ1) is 13.4. The maximum atomic E-state index is 13.4. The number of nitrogens with one attached hydrogen (secondary N) is 3. The molecule has 0 radical (unpaired) electrons. The summed E-state index contributed by atoms with van der Waals surface area (Å²) >= 11 is 11.9. The largest absolute Gasteiger partial charge is 0.370 e. The van der Waals surface area contributed by atoms with Gasteiger partial charge in [-0.15, -0.1) is 0 Å². The molecule has 150 valence electrons. The number of halogens is 2. The van der Waals surface area contributed by atoms with Crippen molar-refractivity contribution < 1.29 is 14.0 Å². The fourth-order valence-electron chi connectivity index (χ4n) is 3.60. The second-order valence-corrected chi connectivity index (χ2v) is 7.96. The molecule has 0 aromatic heterocycles. The third-order valence-corrected chi connectivity index (χ3v) is 5.58. The molecule has 1 saturated heterocycles. The Morgan fingerprint density at radius 1 is 1.21 bits per heavy atom. The Morgan fingerprint density at radius 2 is 1.89 bits per heavy atom. The van der Waals surface area contributed by atoms with Crippen LogP contribution < -0.4 is 15.5 Å². The average Bonchev–Trinajstić information content (AvgIpc) is 2.67. The minimum absolute atomic E-state index is 0.152. The van der Waals surface area contributed by atoms with Gasteiger partial charge in [0, 0.05) is 5.56 Å². The molecule has 0 spiro atoms. The molecule has 2 aromatic carbocycles. The van der Waals surface area contributed by atoms with Crippen LogP contribution in [0.4, 0.5) is 10.1 Å². The van der Waals surface area contributed by atoms with Gasteiger partial charge in [0.2, 0.25) is 0 Å². The SMILES string of the molecule is Cc1cc(C)c(NC(=S)NC[C@H](c2ccc(F)cc2)[NH+]2CCOCC2)c(Cl)c1. The van der Waals surface area contributed by atoms with Gasteiger partial charge in [-0.2, -0.15) is 0 Å². The summed E-state index contributed by atoms with van der Waals surface area (Å²) in [6.45, 7) is 7.93. The molecule has 2 aromatic rings. The summed E-state index contributed by atoms with van der Waals surface area (Å²) in [4.78, 5) is 1.40. The average molecular weight is 423 g/mol. The number of thiocarbonyl (C=S) groups is 1. The van der Waals surface area contributed by atoms with Crippen molar-refractivity contribution in [2.24, 2.45) is 0 Å². The van der Waals surface area contributed by atoms with Crippen LogP contribution in [0.3, 0.4) is 0 Å². The summed E-state index contributed by atoms with van der Waals surface area (Å²) in [6.07, 6.45) is 0. The fourth-order valence-corrected chi connectivity index (χ4v) is 4.16. The molecule has 0 aliphatic carbocycles. The van der Waals surface area contributed by atoms with Crippen LogP contribution in [-0.2, 0) is 4.74 Å². The Bertz CT molecular complexity index is 802. The molecule has 28 heavy (non-hydrogen) atoms. The van der Waals surface area contributed by atoms with E-state index in [2.05, 4.69) is 16.7 Å². The van der Waals surface area contributed by atoms with E-state index in [9.17, 15) is 4.39 Å².